The van der Waals surface area contributed by atoms with Gasteiger partial charge in [-0.15, -0.1) is 0 Å². The van der Waals surface area contributed by atoms with Crippen LogP contribution >= 0.6 is 18.2 Å². The molecule has 0 aliphatic heterocycles. The van der Waals surface area contributed by atoms with Gasteiger partial charge in [0, 0.05) is 5.75 Å². The van der Waals surface area contributed by atoms with Gasteiger partial charge in [-0.2, -0.15) is 0 Å². The smallest absolute Gasteiger partial charge is 0.439 e. The minimum Gasteiger partial charge on any atom is -0.466 e. The van der Waals surface area contributed by atoms with Crippen molar-refractivity contribution in [3.8, 4) is 0 Å². The minimum atomic E-state index is -3.46. The Labute approximate surface area is 147 Å². The number of hydrogen-bond donors (Lipinski definition) is 0. The van der Waals surface area contributed by atoms with Gasteiger partial charge in [-0.25, -0.2) is 9.36 Å². The summed E-state index contributed by atoms with van der Waals surface area (Å²) in [6.07, 6.45) is 0.477. The summed E-state index contributed by atoms with van der Waals surface area (Å²) in [4.78, 5) is 23.8. The molecule has 9 heteroatoms. The van der Waals surface area contributed by atoms with Crippen LogP contribution in [0.25, 0.3) is 0 Å². The van der Waals surface area contributed by atoms with Crippen molar-refractivity contribution in [2.45, 2.75) is 47.5 Å². The molecule has 0 heterocycles. The van der Waals surface area contributed by atoms with Crippen LogP contribution in [0.4, 0.5) is 0 Å². The first-order chi connectivity index (χ1) is 11.3. The molecular weight excluding hydrogens is 355 g/mol. The Morgan fingerprint density at radius 3 is 2.12 bits per heavy atom. The van der Waals surface area contributed by atoms with E-state index < -0.39 is 18.7 Å². The second kappa shape index (κ2) is 12.4. The zero-order chi connectivity index (χ0) is 18.6. The highest BCUT2D eigenvalue weighted by atomic mass is 32.7. The van der Waals surface area contributed by atoms with Gasteiger partial charge in [0.25, 0.3) is 0 Å². The lowest BCUT2D eigenvalue weighted by molar-refractivity contribution is -0.146. The molecule has 0 fully saturated rings. The fourth-order valence-electron chi connectivity index (χ4n) is 1.59. The van der Waals surface area contributed by atoms with Gasteiger partial charge < -0.3 is 14.0 Å². The summed E-state index contributed by atoms with van der Waals surface area (Å²) in [7, 11) is 0. The van der Waals surface area contributed by atoms with Crippen LogP contribution in [0.3, 0.4) is 0 Å². The zero-order valence-corrected chi connectivity index (χ0v) is 16.7. The molecule has 0 aliphatic carbocycles. The van der Waals surface area contributed by atoms with E-state index in [1.807, 2.05) is 6.92 Å². The maximum atomic E-state index is 12.7. The van der Waals surface area contributed by atoms with E-state index in [1.54, 1.807) is 20.8 Å². The van der Waals surface area contributed by atoms with Crippen molar-refractivity contribution in [2.24, 2.45) is 0 Å². The van der Waals surface area contributed by atoms with Crippen LogP contribution < -0.4 is 0 Å². The molecule has 0 radical (unpaired) electrons. The summed E-state index contributed by atoms with van der Waals surface area (Å²) in [6, 6.07) is 0. The highest BCUT2D eigenvalue weighted by molar-refractivity contribution is 8.55. The van der Waals surface area contributed by atoms with Crippen molar-refractivity contribution in [3.63, 3.8) is 0 Å². The quantitative estimate of drug-likeness (QED) is 0.216. The topological polar surface area (TPSA) is 88.1 Å². The van der Waals surface area contributed by atoms with Gasteiger partial charge in [-0.05, 0) is 45.5 Å². The van der Waals surface area contributed by atoms with E-state index in [0.717, 1.165) is 17.8 Å². The summed E-state index contributed by atoms with van der Waals surface area (Å²) < 4.78 is 33.2. The van der Waals surface area contributed by atoms with Gasteiger partial charge in [0.1, 0.15) is 5.76 Å². The molecule has 0 saturated heterocycles. The van der Waals surface area contributed by atoms with Crippen LogP contribution in [0.5, 0.6) is 0 Å². The Balaban J connectivity index is 5.43. The predicted molar refractivity (Wildman–Crippen MR) is 93.6 cm³/mol. The summed E-state index contributed by atoms with van der Waals surface area (Å²) in [6.45, 7) is 5.50. The third-order valence-corrected chi connectivity index (χ3v) is 6.58. The zero-order valence-electron chi connectivity index (χ0n) is 15.0. The van der Waals surface area contributed by atoms with Crippen molar-refractivity contribution in [3.05, 3.63) is 11.3 Å². The fourth-order valence-corrected chi connectivity index (χ4v) is 5.19. The van der Waals surface area contributed by atoms with E-state index in [-0.39, 0.29) is 37.6 Å². The number of hydrogen-bond acceptors (Lipinski definition) is 8. The minimum absolute atomic E-state index is 0.0210. The molecule has 0 bridgehead atoms. The molecule has 0 aromatic heterocycles. The highest BCUT2D eigenvalue weighted by Gasteiger charge is 2.29. The van der Waals surface area contributed by atoms with Crippen LogP contribution in [0.15, 0.2) is 11.3 Å². The average molecular weight is 382 g/mol. The molecular formula is C15H27O7PS. The van der Waals surface area contributed by atoms with Crippen LogP contribution in [0.2, 0.25) is 0 Å². The molecule has 0 amide bonds. The normalized spacial score (nSPS) is 14.4. The van der Waals surface area contributed by atoms with Crippen molar-refractivity contribution < 1.29 is 32.7 Å². The van der Waals surface area contributed by atoms with Crippen LogP contribution in [-0.4, -0.2) is 37.5 Å². The monoisotopic (exact) mass is 382 g/mol. The van der Waals surface area contributed by atoms with Crippen LogP contribution in [0, 0.1) is 0 Å². The van der Waals surface area contributed by atoms with Crippen molar-refractivity contribution in [1.82, 2.24) is 0 Å². The Hall–Kier alpha value is -0.980. The molecule has 0 spiro atoms. The van der Waals surface area contributed by atoms with E-state index in [9.17, 15) is 14.2 Å². The summed E-state index contributed by atoms with van der Waals surface area (Å²) in [5.74, 6) is -0.665. The lowest BCUT2D eigenvalue weighted by Gasteiger charge is -2.19. The SMILES string of the molecule is CCCSP(=O)(OCC)OC(C)=C(CC(=O)OCC)C(=O)OCC. The number of carbonyl (C=O) groups is 2. The second-order valence-corrected chi connectivity index (χ2v) is 8.64. The Morgan fingerprint density at radius 1 is 1.00 bits per heavy atom. The maximum absolute atomic E-state index is 12.7. The third kappa shape index (κ3) is 8.76. The first kappa shape index (κ1) is 23.0. The maximum Gasteiger partial charge on any atom is 0.439 e. The van der Waals surface area contributed by atoms with Gasteiger partial charge in [0.05, 0.1) is 31.8 Å². The molecule has 140 valence electrons. The number of rotatable bonds is 12. The van der Waals surface area contributed by atoms with E-state index in [0.29, 0.717) is 5.75 Å². The first-order valence-electron chi connectivity index (χ1n) is 7.94. The highest BCUT2D eigenvalue weighted by Crippen LogP contribution is 2.62. The van der Waals surface area contributed by atoms with Gasteiger partial charge in [0.15, 0.2) is 0 Å². The van der Waals surface area contributed by atoms with Gasteiger partial charge in [0.2, 0.25) is 0 Å². The summed E-state index contributed by atoms with van der Waals surface area (Å²) in [5, 5.41) is 0. The number of esters is 2. The summed E-state index contributed by atoms with van der Waals surface area (Å²) in [5.41, 5.74) is -0.0210. The second-order valence-electron chi connectivity index (χ2n) is 4.53. The van der Waals surface area contributed by atoms with E-state index in [4.69, 9.17) is 18.5 Å². The van der Waals surface area contributed by atoms with Crippen LogP contribution in [0.1, 0.15) is 47.5 Å². The van der Waals surface area contributed by atoms with Crippen LogP contribution in [-0.2, 0) is 32.7 Å². The van der Waals surface area contributed by atoms with Crippen molar-refractivity contribution in [1.29, 1.82) is 0 Å². The average Bonchev–Trinajstić information content (AvgIpc) is 2.51. The van der Waals surface area contributed by atoms with E-state index >= 15 is 0 Å². The van der Waals surface area contributed by atoms with Gasteiger partial charge >= 0.3 is 18.7 Å². The molecule has 7 nitrogen and oxygen atoms in total. The fraction of sp³-hybridized carbons (Fsp3) is 0.733. The molecule has 24 heavy (non-hydrogen) atoms. The molecule has 0 N–H and O–H groups in total. The van der Waals surface area contributed by atoms with Crippen molar-refractivity contribution >= 4 is 30.1 Å². The standard InChI is InChI=1S/C15H27O7PS/c1-6-10-24-23(18,21-9-4)22-12(5)13(15(17)20-8-3)11-14(16)19-7-2/h6-11H2,1-5H3. The molecule has 0 rings (SSSR count). The molecule has 0 aliphatic rings. The molecule has 0 saturated carbocycles. The molecule has 1 atom stereocenters. The number of ether oxygens (including phenoxy) is 2. The summed E-state index contributed by atoms with van der Waals surface area (Å²) >= 11 is 1.06. The first-order valence-corrected chi connectivity index (χ1v) is 11.1. The van der Waals surface area contributed by atoms with Crippen molar-refractivity contribution in [2.75, 3.05) is 25.6 Å². The molecule has 0 aromatic rings. The lowest BCUT2D eigenvalue weighted by atomic mass is 10.1. The van der Waals surface area contributed by atoms with E-state index in [2.05, 4.69) is 0 Å². The number of allylic oxidation sites excluding steroid dienone is 1. The Kier molecular flexibility index (Phi) is 11.9. The third-order valence-electron chi connectivity index (χ3n) is 2.56. The molecule has 0 aromatic carbocycles. The predicted octanol–water partition coefficient (Wildman–Crippen LogP) is 4.08. The molecule has 1 unspecified atom stereocenters. The van der Waals surface area contributed by atoms with Gasteiger partial charge in [-0.1, -0.05) is 6.92 Å². The largest absolute Gasteiger partial charge is 0.466 e. The Bertz CT molecular complexity index is 490. The lowest BCUT2D eigenvalue weighted by Crippen LogP contribution is -2.16. The number of carbonyl (C=O) groups excluding carboxylic acids is 2. The van der Waals surface area contributed by atoms with Gasteiger partial charge in [-0.3, -0.25) is 9.32 Å². The van der Waals surface area contributed by atoms with E-state index in [1.165, 1.54) is 6.92 Å². The Morgan fingerprint density at radius 2 is 1.62 bits per heavy atom.